The van der Waals surface area contributed by atoms with E-state index in [1.54, 1.807) is 24.3 Å². The number of anilines is 1. The van der Waals surface area contributed by atoms with Gasteiger partial charge >= 0.3 is 10.1 Å². The number of furan rings is 1. The zero-order valence-corrected chi connectivity index (χ0v) is 19.0. The van der Waals surface area contributed by atoms with Gasteiger partial charge in [-0.05, 0) is 54.1 Å². The largest absolute Gasteiger partial charge is 0.468 e. The molecule has 170 valence electrons. The number of hydrogen-bond donors (Lipinski definition) is 1. The third kappa shape index (κ3) is 6.42. The summed E-state index contributed by atoms with van der Waals surface area (Å²) >= 11 is 0. The Morgan fingerprint density at radius 2 is 1.62 bits per heavy atom. The Bertz CT molecular complexity index is 1270. The number of nitrogens with one attached hydrogen (secondary N) is 1. The molecule has 1 N–H and O–H groups in total. The fourth-order valence-electron chi connectivity index (χ4n) is 2.89. The van der Waals surface area contributed by atoms with Crippen molar-refractivity contribution < 1.29 is 30.2 Å². The van der Waals surface area contributed by atoms with Gasteiger partial charge in [0.1, 0.15) is 11.5 Å². The molecule has 0 spiro atoms. The number of nitrogens with zero attached hydrogens (tertiary/aromatic N) is 1. The molecule has 1 amide bonds. The molecule has 2 aromatic carbocycles. The maximum Gasteiger partial charge on any atom is 0.306 e. The summed E-state index contributed by atoms with van der Waals surface area (Å²) in [6.07, 6.45) is 2.40. The zero-order chi connectivity index (χ0) is 23.4. The topological polar surface area (TPSA) is 123 Å². The van der Waals surface area contributed by atoms with Gasteiger partial charge in [-0.3, -0.25) is 4.79 Å². The normalized spacial score (nSPS) is 12.0. The summed E-state index contributed by atoms with van der Waals surface area (Å²) in [6.45, 7) is 1.36. The molecule has 0 aliphatic heterocycles. The highest BCUT2D eigenvalue weighted by Crippen LogP contribution is 2.24. The summed E-state index contributed by atoms with van der Waals surface area (Å²) in [5, 5.41) is 2.59. The minimum absolute atomic E-state index is 0.00955. The van der Waals surface area contributed by atoms with Gasteiger partial charge in [-0.15, -0.1) is 0 Å². The van der Waals surface area contributed by atoms with Gasteiger partial charge in [0.25, 0.3) is 0 Å². The minimum atomic E-state index is -3.93. The van der Waals surface area contributed by atoms with Crippen LogP contribution in [0.2, 0.25) is 0 Å². The summed E-state index contributed by atoms with van der Waals surface area (Å²) in [5.41, 5.74) is 1.10. The lowest BCUT2D eigenvalue weighted by Crippen LogP contribution is -2.30. The van der Waals surface area contributed by atoms with Crippen LogP contribution in [0, 0.1) is 0 Å². The van der Waals surface area contributed by atoms with Crippen molar-refractivity contribution in [3.63, 3.8) is 0 Å². The molecule has 9 nitrogen and oxygen atoms in total. The lowest BCUT2D eigenvalue weighted by atomic mass is 10.2. The minimum Gasteiger partial charge on any atom is -0.468 e. The van der Waals surface area contributed by atoms with Crippen molar-refractivity contribution in [1.82, 2.24) is 4.31 Å². The van der Waals surface area contributed by atoms with Gasteiger partial charge in [-0.25, -0.2) is 8.42 Å². The molecule has 11 heteroatoms. The van der Waals surface area contributed by atoms with E-state index in [4.69, 9.17) is 8.60 Å². The van der Waals surface area contributed by atoms with Gasteiger partial charge < -0.3 is 13.9 Å². The number of hydrogen-bond acceptors (Lipinski definition) is 7. The van der Waals surface area contributed by atoms with Crippen molar-refractivity contribution in [2.45, 2.75) is 24.9 Å². The highest BCUT2D eigenvalue weighted by molar-refractivity contribution is 7.89. The van der Waals surface area contributed by atoms with Crippen molar-refractivity contribution >= 4 is 31.7 Å². The van der Waals surface area contributed by atoms with E-state index >= 15 is 0 Å². The fourth-order valence-corrected chi connectivity index (χ4v) is 4.75. The van der Waals surface area contributed by atoms with Gasteiger partial charge in [0, 0.05) is 19.2 Å². The number of sulfonamides is 1. The average molecular weight is 479 g/mol. The third-order valence-corrected chi connectivity index (χ3v) is 6.56. The van der Waals surface area contributed by atoms with Crippen LogP contribution in [0.1, 0.15) is 18.2 Å². The Balaban J connectivity index is 1.87. The highest BCUT2D eigenvalue weighted by atomic mass is 32.2. The van der Waals surface area contributed by atoms with Crippen LogP contribution in [-0.2, 0) is 38.0 Å². The molecule has 3 rings (SSSR count). The molecule has 0 unspecified atom stereocenters. The van der Waals surface area contributed by atoms with E-state index in [0.717, 1.165) is 6.26 Å². The average Bonchev–Trinajstić information content (AvgIpc) is 3.21. The van der Waals surface area contributed by atoms with E-state index in [1.807, 2.05) is 0 Å². The Morgan fingerprint density at radius 1 is 0.969 bits per heavy atom. The molecule has 0 fully saturated rings. The molecular weight excluding hydrogens is 456 g/mol. The van der Waals surface area contributed by atoms with E-state index in [0.29, 0.717) is 17.0 Å². The number of benzene rings is 2. The molecule has 0 aliphatic rings. The second-order valence-electron chi connectivity index (χ2n) is 6.99. The monoisotopic (exact) mass is 478 g/mol. The summed E-state index contributed by atoms with van der Waals surface area (Å²) in [6, 6.07) is 15.3. The molecule has 0 aliphatic carbocycles. The first-order chi connectivity index (χ1) is 15.0. The van der Waals surface area contributed by atoms with Crippen molar-refractivity contribution in [3.05, 3.63) is 78.3 Å². The van der Waals surface area contributed by atoms with Gasteiger partial charge in [0.15, 0.2) is 0 Å². The Kier molecular flexibility index (Phi) is 7.02. The standard InChI is InChI=1S/C21H22N2O7S2/c1-16(24)22-18-7-11-21(12-8-18)32(27,28)23(15-20-4-3-13-29-20)14-17-5-9-19(10-6-17)30-31(2,25)26/h3-13H,14-15H2,1-2H3,(H,22,24). The second-order valence-corrected chi connectivity index (χ2v) is 10.5. The fraction of sp³-hybridized carbons (Fsp3) is 0.190. The molecule has 32 heavy (non-hydrogen) atoms. The van der Waals surface area contributed by atoms with Crippen molar-refractivity contribution in [1.29, 1.82) is 0 Å². The number of amides is 1. The molecule has 1 heterocycles. The van der Waals surface area contributed by atoms with Crippen LogP contribution in [0.15, 0.2) is 76.2 Å². The summed E-state index contributed by atoms with van der Waals surface area (Å²) < 4.78 is 60.6. The predicted molar refractivity (Wildman–Crippen MR) is 118 cm³/mol. The zero-order valence-electron chi connectivity index (χ0n) is 17.4. The molecular formula is C21H22N2O7S2. The van der Waals surface area contributed by atoms with Crippen LogP contribution in [0.4, 0.5) is 5.69 Å². The number of carbonyl (C=O) groups is 1. The number of carbonyl (C=O) groups excluding carboxylic acids is 1. The number of rotatable bonds is 9. The third-order valence-electron chi connectivity index (χ3n) is 4.25. The van der Waals surface area contributed by atoms with Crippen LogP contribution in [0.5, 0.6) is 5.75 Å². The molecule has 3 aromatic rings. The summed E-state index contributed by atoms with van der Waals surface area (Å²) in [5.74, 6) is 0.328. The second kappa shape index (κ2) is 9.55. The first-order valence-corrected chi connectivity index (χ1v) is 12.7. The smallest absolute Gasteiger partial charge is 0.306 e. The first kappa shape index (κ1) is 23.5. The lowest BCUT2D eigenvalue weighted by molar-refractivity contribution is -0.114. The van der Waals surface area contributed by atoms with E-state index in [9.17, 15) is 21.6 Å². The lowest BCUT2D eigenvalue weighted by Gasteiger charge is -2.22. The highest BCUT2D eigenvalue weighted by Gasteiger charge is 2.26. The van der Waals surface area contributed by atoms with Gasteiger partial charge in [-0.1, -0.05) is 12.1 Å². The van der Waals surface area contributed by atoms with E-state index < -0.39 is 20.1 Å². The molecule has 0 saturated heterocycles. The van der Waals surface area contributed by atoms with Crippen LogP contribution < -0.4 is 9.50 Å². The van der Waals surface area contributed by atoms with E-state index in [2.05, 4.69) is 5.32 Å². The van der Waals surface area contributed by atoms with Gasteiger partial charge in [0.05, 0.1) is 24.0 Å². The van der Waals surface area contributed by atoms with Crippen molar-refractivity contribution in [2.24, 2.45) is 0 Å². The molecule has 0 saturated carbocycles. The quantitative estimate of drug-likeness (QED) is 0.469. The van der Waals surface area contributed by atoms with Crippen molar-refractivity contribution in [2.75, 3.05) is 11.6 Å². The van der Waals surface area contributed by atoms with Crippen LogP contribution in [0.25, 0.3) is 0 Å². The molecule has 0 atom stereocenters. The summed E-state index contributed by atoms with van der Waals surface area (Å²) in [7, 11) is -7.59. The first-order valence-electron chi connectivity index (χ1n) is 9.41. The Labute approximate surface area is 186 Å². The van der Waals surface area contributed by atoms with E-state index in [-0.39, 0.29) is 29.6 Å². The van der Waals surface area contributed by atoms with E-state index in [1.165, 1.54) is 53.9 Å². The Morgan fingerprint density at radius 3 is 2.16 bits per heavy atom. The Hall–Kier alpha value is -3.15. The predicted octanol–water partition coefficient (Wildman–Crippen LogP) is 2.97. The van der Waals surface area contributed by atoms with Gasteiger partial charge in [-0.2, -0.15) is 12.7 Å². The maximum atomic E-state index is 13.3. The molecule has 1 aromatic heterocycles. The SMILES string of the molecule is CC(=O)Nc1ccc(S(=O)(=O)N(Cc2ccc(OS(C)(=O)=O)cc2)Cc2ccco2)cc1. The maximum absolute atomic E-state index is 13.3. The van der Waals surface area contributed by atoms with Crippen LogP contribution >= 0.6 is 0 Å². The molecule has 0 radical (unpaired) electrons. The summed E-state index contributed by atoms with van der Waals surface area (Å²) in [4.78, 5) is 11.2. The van der Waals surface area contributed by atoms with Gasteiger partial charge in [0.2, 0.25) is 15.9 Å². The molecule has 0 bridgehead atoms. The van der Waals surface area contributed by atoms with Crippen LogP contribution in [0.3, 0.4) is 0 Å². The van der Waals surface area contributed by atoms with Crippen LogP contribution in [-0.4, -0.2) is 33.3 Å². The van der Waals surface area contributed by atoms with Crippen molar-refractivity contribution in [3.8, 4) is 5.75 Å².